The minimum absolute atomic E-state index is 0.0652. The first-order valence-corrected chi connectivity index (χ1v) is 13.8. The van der Waals surface area contributed by atoms with Gasteiger partial charge in [0.2, 0.25) is 11.6 Å². The minimum atomic E-state index is -3.91. The fourth-order valence-corrected chi connectivity index (χ4v) is 6.82. The van der Waals surface area contributed by atoms with Crippen molar-refractivity contribution in [1.82, 2.24) is 13.1 Å². The van der Waals surface area contributed by atoms with Gasteiger partial charge in [0.1, 0.15) is 6.10 Å². The lowest BCUT2D eigenvalue weighted by Gasteiger charge is -2.30. The Hall–Kier alpha value is -1.93. The van der Waals surface area contributed by atoms with E-state index in [4.69, 9.17) is 4.74 Å². The highest BCUT2D eigenvalue weighted by atomic mass is 32.2. The quantitative estimate of drug-likeness (QED) is 0.500. The second kappa shape index (κ2) is 9.37. The molecule has 0 radical (unpaired) electrons. The monoisotopic (exact) mass is 517 g/mol. The van der Waals surface area contributed by atoms with Crippen molar-refractivity contribution < 1.29 is 22.8 Å². The maximum atomic E-state index is 13.0. The van der Waals surface area contributed by atoms with Crippen LogP contribution in [0.4, 0.5) is 17.3 Å². The van der Waals surface area contributed by atoms with Crippen molar-refractivity contribution in [2.75, 3.05) is 30.9 Å². The maximum absolute atomic E-state index is 13.0. The van der Waals surface area contributed by atoms with Crippen molar-refractivity contribution in [3.05, 3.63) is 17.2 Å². The van der Waals surface area contributed by atoms with E-state index in [1.165, 1.54) is 22.3 Å². The summed E-state index contributed by atoms with van der Waals surface area (Å²) in [7, 11) is -0.653. The van der Waals surface area contributed by atoms with E-state index in [0.717, 1.165) is 17.8 Å². The molecule has 10 nitrogen and oxygen atoms in total. The molecule has 184 valence electrons. The van der Waals surface area contributed by atoms with Crippen LogP contribution in [0, 0.1) is 5.92 Å². The molecule has 0 aromatic carbocycles. The summed E-state index contributed by atoms with van der Waals surface area (Å²) in [5.74, 6) is 0.520. The van der Waals surface area contributed by atoms with Gasteiger partial charge in [0.25, 0.3) is 10.0 Å². The molecule has 0 amide bonds. The Morgan fingerprint density at radius 2 is 2.03 bits per heavy atom. The Morgan fingerprint density at radius 1 is 1.36 bits per heavy atom. The summed E-state index contributed by atoms with van der Waals surface area (Å²) >= 11 is -0.920. The smallest absolute Gasteiger partial charge is 0.256 e. The summed E-state index contributed by atoms with van der Waals surface area (Å²) in [4.78, 5) is 1.78. The van der Waals surface area contributed by atoms with Gasteiger partial charge < -0.3 is 24.6 Å². The summed E-state index contributed by atoms with van der Waals surface area (Å²) in [6, 6.07) is 0. The number of sulfonamides is 1. The number of nitrogens with one attached hydrogen (secondary N) is 1. The summed E-state index contributed by atoms with van der Waals surface area (Å²) in [6.45, 7) is 10.0. The Labute approximate surface area is 202 Å². The fourth-order valence-electron chi connectivity index (χ4n) is 3.22. The number of hydrogen-bond acceptors (Lipinski definition) is 10. The fraction of sp³-hybridized carbons (Fsp3) is 0.600. The predicted molar refractivity (Wildman–Crippen MR) is 130 cm³/mol. The van der Waals surface area contributed by atoms with E-state index in [1.54, 1.807) is 39.0 Å². The molecular formula is C20H31N5O5S3. The second-order valence-electron chi connectivity index (χ2n) is 9.33. The molecule has 0 saturated heterocycles. The number of hydrogen-bond donors (Lipinski definition) is 2. The third-order valence-electron chi connectivity index (χ3n) is 5.53. The summed E-state index contributed by atoms with van der Waals surface area (Å²) in [6.07, 6.45) is 2.53. The summed E-state index contributed by atoms with van der Waals surface area (Å²) < 4.78 is 52.8. The van der Waals surface area contributed by atoms with E-state index < -0.39 is 32.5 Å². The van der Waals surface area contributed by atoms with Gasteiger partial charge in [-0.15, -0.1) is 11.3 Å². The first kappa shape index (κ1) is 25.7. The van der Waals surface area contributed by atoms with Gasteiger partial charge in [-0.25, -0.2) is 8.42 Å². The molecule has 0 bridgehead atoms. The van der Waals surface area contributed by atoms with Crippen LogP contribution in [0.25, 0.3) is 0 Å². The van der Waals surface area contributed by atoms with Crippen LogP contribution in [0.15, 0.2) is 21.4 Å². The Morgan fingerprint density at radius 3 is 2.61 bits per heavy atom. The van der Waals surface area contributed by atoms with Gasteiger partial charge in [-0.3, -0.25) is 0 Å². The summed E-state index contributed by atoms with van der Waals surface area (Å²) in [5.41, 5.74) is 0.722. The lowest BCUT2D eigenvalue weighted by atomic mass is 10.0. The zero-order valence-electron chi connectivity index (χ0n) is 19.8. The van der Waals surface area contributed by atoms with Crippen molar-refractivity contribution in [3.63, 3.8) is 0 Å². The molecule has 1 aliphatic rings. The number of thiophene rings is 1. The number of anilines is 3. The molecule has 2 aromatic rings. The van der Waals surface area contributed by atoms with E-state index in [0.29, 0.717) is 18.3 Å². The van der Waals surface area contributed by atoms with E-state index in [1.807, 2.05) is 0 Å². The number of likely N-dealkylation sites (N-methyl/N-ethyl adjacent to an activating group) is 1. The largest absolute Gasteiger partial charge is 0.546 e. The number of ether oxygens (including phenoxy) is 1. The molecule has 2 N–H and O–H groups in total. The van der Waals surface area contributed by atoms with Crippen molar-refractivity contribution in [2.24, 2.45) is 5.92 Å². The number of rotatable bonds is 8. The van der Waals surface area contributed by atoms with Gasteiger partial charge in [-0.05, 0) is 32.3 Å². The summed E-state index contributed by atoms with van der Waals surface area (Å²) in [5, 5.41) is 15.1. The molecule has 1 aliphatic heterocycles. The number of aromatic hydroxyl groups is 1. The topological polar surface area (TPSA) is 131 Å². The zero-order valence-corrected chi connectivity index (χ0v) is 22.3. The van der Waals surface area contributed by atoms with Crippen LogP contribution >= 0.6 is 22.5 Å². The van der Waals surface area contributed by atoms with Crippen LogP contribution < -0.4 is 10.2 Å². The molecule has 33 heavy (non-hydrogen) atoms. The molecule has 0 spiro atoms. The molecular weight excluding hydrogens is 486 g/mol. The Bertz CT molecular complexity index is 1130. The number of aromatic nitrogens is 2. The first-order valence-electron chi connectivity index (χ1n) is 10.4. The van der Waals surface area contributed by atoms with Gasteiger partial charge >= 0.3 is 0 Å². The lowest BCUT2D eigenvalue weighted by molar-refractivity contribution is 0.176. The van der Waals surface area contributed by atoms with Crippen molar-refractivity contribution in [1.29, 1.82) is 0 Å². The average molecular weight is 518 g/mol. The van der Waals surface area contributed by atoms with Gasteiger partial charge in [0.05, 0.1) is 18.5 Å². The number of nitrogens with zero attached hydrogens (tertiary/aromatic N) is 4. The van der Waals surface area contributed by atoms with Crippen molar-refractivity contribution in [2.45, 2.75) is 56.9 Å². The normalized spacial score (nSPS) is 17.5. The Kier molecular flexibility index (Phi) is 7.30. The van der Waals surface area contributed by atoms with Crippen LogP contribution in [0.1, 0.15) is 41.0 Å². The molecule has 13 heteroatoms. The third-order valence-corrected chi connectivity index (χ3v) is 9.81. The highest BCUT2D eigenvalue weighted by Gasteiger charge is 2.35. The van der Waals surface area contributed by atoms with Crippen LogP contribution in [-0.2, 0) is 14.8 Å². The van der Waals surface area contributed by atoms with Gasteiger partial charge in [-0.1, -0.05) is 13.8 Å². The lowest BCUT2D eigenvalue weighted by Crippen LogP contribution is -2.42. The molecule has 0 fully saturated rings. The van der Waals surface area contributed by atoms with Crippen LogP contribution in [0.5, 0.6) is 5.75 Å². The van der Waals surface area contributed by atoms with Crippen LogP contribution in [-0.4, -0.2) is 63.4 Å². The zero-order chi connectivity index (χ0) is 24.7. The average Bonchev–Trinajstić information content (AvgIpc) is 3.40. The molecule has 3 rings (SSSR count). The molecule has 3 heterocycles. The second-order valence-corrected chi connectivity index (χ2v) is 13.2. The van der Waals surface area contributed by atoms with E-state index in [2.05, 4.69) is 27.9 Å². The SMILES string of the molecule is CC(C)C1=COC(CN(C)c2n[s+]([O-])nc2Nc2csc(S(=O)(=O)N(C)C(C)(C)C)c2O)C1. The standard InChI is InChI=1S/C20H31N5O5S3/c1-12(2)13-8-14(30-10-13)9-24(6)18-17(22-32(27)23-18)21-15-11-31-19(16(15)26)33(28,29)25(7)20(3,4)5/h10-12,14,26H,8-9H2,1-7H3,(H,21,22). The van der Waals surface area contributed by atoms with Crippen molar-refractivity contribution >= 4 is 49.8 Å². The predicted octanol–water partition coefficient (Wildman–Crippen LogP) is 3.90. The van der Waals surface area contributed by atoms with Crippen LogP contribution in [0.2, 0.25) is 0 Å². The molecule has 2 atom stereocenters. The minimum Gasteiger partial charge on any atom is -0.546 e. The highest BCUT2D eigenvalue weighted by molar-refractivity contribution is 7.91. The van der Waals surface area contributed by atoms with Gasteiger partial charge in [0.15, 0.2) is 21.1 Å². The van der Waals surface area contributed by atoms with Crippen molar-refractivity contribution in [3.8, 4) is 5.75 Å². The van der Waals surface area contributed by atoms with Gasteiger partial charge in [0, 0.05) is 40.2 Å². The van der Waals surface area contributed by atoms with Gasteiger partial charge in [-0.2, -0.15) is 4.31 Å². The highest BCUT2D eigenvalue weighted by Crippen LogP contribution is 2.42. The van der Waals surface area contributed by atoms with E-state index in [9.17, 15) is 18.1 Å². The Balaban J connectivity index is 1.79. The van der Waals surface area contributed by atoms with E-state index >= 15 is 0 Å². The van der Waals surface area contributed by atoms with Crippen LogP contribution in [0.3, 0.4) is 0 Å². The molecule has 2 unspecified atom stereocenters. The van der Waals surface area contributed by atoms with E-state index in [-0.39, 0.29) is 21.8 Å². The first-order chi connectivity index (χ1) is 15.2. The molecule has 0 aliphatic carbocycles. The molecule has 0 saturated carbocycles. The third kappa shape index (κ3) is 5.43. The maximum Gasteiger partial charge on any atom is 0.256 e. The molecule has 2 aromatic heterocycles.